The highest BCUT2D eigenvalue weighted by Crippen LogP contribution is 2.29. The number of anilines is 1. The second-order valence-corrected chi connectivity index (χ2v) is 5.43. The summed E-state index contributed by atoms with van der Waals surface area (Å²) in [6.07, 6.45) is 1.56. The molecule has 0 aliphatic carbocycles. The van der Waals surface area contributed by atoms with Crippen molar-refractivity contribution in [3.63, 3.8) is 0 Å². The molecule has 0 aliphatic rings. The minimum Gasteiger partial charge on any atom is -0.462 e. The van der Waals surface area contributed by atoms with Crippen LogP contribution in [0.15, 0.2) is 18.3 Å². The molecule has 1 aromatic heterocycles. The number of hydrogen-bond acceptors (Lipinski definition) is 6. The summed E-state index contributed by atoms with van der Waals surface area (Å²) in [6, 6.07) is 3.98. The third-order valence-corrected chi connectivity index (χ3v) is 3.84. The standard InChI is InChI=1S/C18H24N2O4/c1-4-24-18(22)15-11-20-16-13(3)12(2)5-6-14(16)17(15)19-7-9-23-10-8-21/h5-6,11,21H,4,7-10H2,1-3H3,(H,19,20). The highest BCUT2D eigenvalue weighted by atomic mass is 16.5. The van der Waals surface area contributed by atoms with Gasteiger partial charge in [-0.05, 0) is 31.9 Å². The lowest BCUT2D eigenvalue weighted by Gasteiger charge is -2.15. The number of aliphatic hydroxyl groups excluding tert-OH is 1. The summed E-state index contributed by atoms with van der Waals surface area (Å²) in [6.45, 7) is 7.36. The predicted octanol–water partition coefficient (Wildman–Crippen LogP) is 2.45. The fraction of sp³-hybridized carbons (Fsp3) is 0.444. The van der Waals surface area contributed by atoms with Crippen LogP contribution in [0.2, 0.25) is 0 Å². The smallest absolute Gasteiger partial charge is 0.341 e. The zero-order valence-electron chi connectivity index (χ0n) is 14.4. The van der Waals surface area contributed by atoms with E-state index in [2.05, 4.69) is 10.3 Å². The van der Waals surface area contributed by atoms with E-state index in [-0.39, 0.29) is 6.61 Å². The van der Waals surface area contributed by atoms with E-state index < -0.39 is 5.97 Å². The minimum absolute atomic E-state index is 0.00919. The second kappa shape index (κ2) is 8.61. The number of fused-ring (bicyclic) bond motifs is 1. The van der Waals surface area contributed by atoms with Crippen LogP contribution in [-0.4, -0.2) is 49.0 Å². The normalized spacial score (nSPS) is 10.8. The monoisotopic (exact) mass is 332 g/mol. The fourth-order valence-electron chi connectivity index (χ4n) is 2.48. The lowest BCUT2D eigenvalue weighted by molar-refractivity contribution is 0.0527. The Hall–Kier alpha value is -2.18. The van der Waals surface area contributed by atoms with E-state index in [0.717, 1.165) is 22.0 Å². The van der Waals surface area contributed by atoms with E-state index in [1.54, 1.807) is 13.1 Å². The molecule has 6 nitrogen and oxygen atoms in total. The number of carbonyl (C=O) groups is 1. The lowest BCUT2D eigenvalue weighted by atomic mass is 10.0. The molecule has 130 valence electrons. The maximum Gasteiger partial charge on any atom is 0.341 e. The van der Waals surface area contributed by atoms with E-state index in [9.17, 15) is 4.79 Å². The average molecular weight is 332 g/mol. The van der Waals surface area contributed by atoms with Gasteiger partial charge in [-0.15, -0.1) is 0 Å². The van der Waals surface area contributed by atoms with Crippen molar-refractivity contribution in [2.24, 2.45) is 0 Å². The average Bonchev–Trinajstić information content (AvgIpc) is 2.58. The van der Waals surface area contributed by atoms with Crippen LogP contribution in [0.5, 0.6) is 0 Å². The number of aliphatic hydroxyl groups is 1. The van der Waals surface area contributed by atoms with Crippen molar-refractivity contribution in [1.29, 1.82) is 0 Å². The highest BCUT2D eigenvalue weighted by molar-refractivity contribution is 6.05. The van der Waals surface area contributed by atoms with E-state index in [1.165, 1.54) is 0 Å². The van der Waals surface area contributed by atoms with Gasteiger partial charge in [0.2, 0.25) is 0 Å². The largest absolute Gasteiger partial charge is 0.462 e. The Morgan fingerprint density at radius 1 is 1.29 bits per heavy atom. The Morgan fingerprint density at radius 2 is 2.08 bits per heavy atom. The molecule has 0 saturated heterocycles. The number of aromatic nitrogens is 1. The van der Waals surface area contributed by atoms with Crippen LogP contribution in [0.4, 0.5) is 5.69 Å². The van der Waals surface area contributed by atoms with Crippen LogP contribution in [0.1, 0.15) is 28.4 Å². The Labute approximate surface area is 141 Å². The van der Waals surface area contributed by atoms with Crippen LogP contribution in [0.25, 0.3) is 10.9 Å². The van der Waals surface area contributed by atoms with Gasteiger partial charge in [-0.25, -0.2) is 4.79 Å². The molecule has 0 fully saturated rings. The van der Waals surface area contributed by atoms with Gasteiger partial charge in [0.15, 0.2) is 0 Å². The van der Waals surface area contributed by atoms with Crippen LogP contribution in [-0.2, 0) is 9.47 Å². The summed E-state index contributed by atoms with van der Waals surface area (Å²) in [5.74, 6) is -0.399. The number of nitrogens with one attached hydrogen (secondary N) is 1. The Kier molecular flexibility index (Phi) is 6.52. The van der Waals surface area contributed by atoms with Crippen molar-refractivity contribution in [2.75, 3.05) is 38.3 Å². The molecule has 0 unspecified atom stereocenters. The molecule has 0 amide bonds. The number of nitrogens with zero attached hydrogens (tertiary/aromatic N) is 1. The third kappa shape index (κ3) is 4.01. The second-order valence-electron chi connectivity index (χ2n) is 5.43. The molecule has 6 heteroatoms. The quantitative estimate of drug-likeness (QED) is 0.571. The number of pyridine rings is 1. The van der Waals surface area contributed by atoms with Crippen LogP contribution < -0.4 is 5.32 Å². The first-order valence-corrected chi connectivity index (χ1v) is 8.08. The zero-order chi connectivity index (χ0) is 17.5. The summed E-state index contributed by atoms with van der Waals surface area (Å²) < 4.78 is 10.4. The van der Waals surface area contributed by atoms with Gasteiger partial charge in [-0.1, -0.05) is 12.1 Å². The van der Waals surface area contributed by atoms with Gasteiger partial charge >= 0.3 is 5.97 Å². The molecule has 2 rings (SSSR count). The lowest BCUT2D eigenvalue weighted by Crippen LogP contribution is -2.15. The summed E-state index contributed by atoms with van der Waals surface area (Å²) in [5, 5.41) is 12.9. The van der Waals surface area contributed by atoms with Crippen LogP contribution >= 0.6 is 0 Å². The minimum atomic E-state index is -0.399. The molecule has 0 spiro atoms. The van der Waals surface area contributed by atoms with Crippen molar-refractivity contribution in [3.05, 3.63) is 35.0 Å². The molecule has 1 aromatic carbocycles. The number of benzene rings is 1. The maximum absolute atomic E-state index is 12.2. The first-order chi connectivity index (χ1) is 11.6. The summed E-state index contributed by atoms with van der Waals surface area (Å²) in [4.78, 5) is 16.7. The van der Waals surface area contributed by atoms with E-state index in [4.69, 9.17) is 14.6 Å². The molecular formula is C18H24N2O4. The van der Waals surface area contributed by atoms with Crippen LogP contribution in [0, 0.1) is 13.8 Å². The summed E-state index contributed by atoms with van der Waals surface area (Å²) in [5.41, 5.74) is 4.21. The van der Waals surface area contributed by atoms with Gasteiger partial charge in [0, 0.05) is 18.1 Å². The highest BCUT2D eigenvalue weighted by Gasteiger charge is 2.17. The SMILES string of the molecule is CCOC(=O)c1cnc2c(C)c(C)ccc2c1NCCOCCO. The number of rotatable bonds is 8. The van der Waals surface area contributed by atoms with Gasteiger partial charge in [-0.3, -0.25) is 4.98 Å². The van der Waals surface area contributed by atoms with Gasteiger partial charge in [0.1, 0.15) is 5.56 Å². The van der Waals surface area contributed by atoms with Gasteiger partial charge in [-0.2, -0.15) is 0 Å². The van der Waals surface area contributed by atoms with E-state index >= 15 is 0 Å². The Bertz CT molecular complexity index is 716. The molecule has 2 N–H and O–H groups in total. The molecule has 0 radical (unpaired) electrons. The Morgan fingerprint density at radius 3 is 2.79 bits per heavy atom. The third-order valence-electron chi connectivity index (χ3n) is 3.84. The Balaban J connectivity index is 2.38. The van der Waals surface area contributed by atoms with Gasteiger partial charge < -0.3 is 19.9 Å². The van der Waals surface area contributed by atoms with E-state index in [1.807, 2.05) is 26.0 Å². The zero-order valence-corrected chi connectivity index (χ0v) is 14.4. The first kappa shape index (κ1) is 18.2. The van der Waals surface area contributed by atoms with Gasteiger partial charge in [0.05, 0.1) is 37.6 Å². The van der Waals surface area contributed by atoms with Crippen molar-refractivity contribution in [1.82, 2.24) is 4.98 Å². The van der Waals surface area contributed by atoms with Crippen molar-refractivity contribution >= 4 is 22.6 Å². The molecule has 0 atom stereocenters. The molecular weight excluding hydrogens is 308 g/mol. The van der Waals surface area contributed by atoms with Crippen LogP contribution in [0.3, 0.4) is 0 Å². The molecule has 24 heavy (non-hydrogen) atoms. The number of ether oxygens (including phenoxy) is 2. The van der Waals surface area contributed by atoms with E-state index in [0.29, 0.717) is 37.6 Å². The fourth-order valence-corrected chi connectivity index (χ4v) is 2.48. The van der Waals surface area contributed by atoms with Gasteiger partial charge in [0.25, 0.3) is 0 Å². The van der Waals surface area contributed by atoms with Crippen molar-refractivity contribution in [3.8, 4) is 0 Å². The molecule has 0 bridgehead atoms. The predicted molar refractivity (Wildman–Crippen MR) is 93.6 cm³/mol. The molecule has 2 aromatic rings. The topological polar surface area (TPSA) is 80.7 Å². The summed E-state index contributed by atoms with van der Waals surface area (Å²) in [7, 11) is 0. The number of esters is 1. The molecule has 0 aliphatic heterocycles. The van der Waals surface area contributed by atoms with Crippen molar-refractivity contribution < 1.29 is 19.4 Å². The number of hydrogen-bond donors (Lipinski definition) is 2. The molecule has 0 saturated carbocycles. The van der Waals surface area contributed by atoms with Crippen molar-refractivity contribution in [2.45, 2.75) is 20.8 Å². The summed E-state index contributed by atoms with van der Waals surface area (Å²) >= 11 is 0. The maximum atomic E-state index is 12.2. The number of carbonyl (C=O) groups excluding carboxylic acids is 1. The molecule has 1 heterocycles. The number of aryl methyl sites for hydroxylation is 2. The first-order valence-electron chi connectivity index (χ1n) is 8.08.